The maximum Gasteiger partial charge on any atom is 0.0372 e. The van der Waals surface area contributed by atoms with E-state index in [2.05, 4.69) is 50.5 Å². The van der Waals surface area contributed by atoms with E-state index in [1.807, 2.05) is 0 Å². The van der Waals surface area contributed by atoms with Crippen LogP contribution in [-0.2, 0) is 6.42 Å². The van der Waals surface area contributed by atoms with Crippen LogP contribution < -0.4 is 5.32 Å². The molecule has 0 heterocycles. The van der Waals surface area contributed by atoms with Crippen LogP contribution in [0.15, 0.2) is 24.3 Å². The van der Waals surface area contributed by atoms with Crippen molar-refractivity contribution >= 4 is 0 Å². The molecule has 1 fully saturated rings. The van der Waals surface area contributed by atoms with Crippen LogP contribution in [0.25, 0.3) is 0 Å². The van der Waals surface area contributed by atoms with E-state index in [0.29, 0.717) is 11.5 Å². The lowest BCUT2D eigenvalue weighted by Gasteiger charge is -2.23. The van der Waals surface area contributed by atoms with Crippen molar-refractivity contribution in [2.75, 3.05) is 7.05 Å². The van der Waals surface area contributed by atoms with E-state index < -0.39 is 0 Å². The van der Waals surface area contributed by atoms with Crippen LogP contribution >= 0.6 is 0 Å². The van der Waals surface area contributed by atoms with Gasteiger partial charge in [0.05, 0.1) is 0 Å². The molecule has 0 spiro atoms. The van der Waals surface area contributed by atoms with Gasteiger partial charge in [-0.15, -0.1) is 0 Å². The highest BCUT2D eigenvalue weighted by atomic mass is 14.9. The summed E-state index contributed by atoms with van der Waals surface area (Å²) < 4.78 is 0. The van der Waals surface area contributed by atoms with E-state index in [-0.39, 0.29) is 0 Å². The molecule has 1 aliphatic rings. The number of nitrogens with one attached hydrogen (secondary N) is 1. The van der Waals surface area contributed by atoms with Crippen molar-refractivity contribution in [1.82, 2.24) is 5.32 Å². The van der Waals surface area contributed by atoms with Gasteiger partial charge in [-0.3, -0.25) is 0 Å². The Morgan fingerprint density at radius 3 is 2.27 bits per heavy atom. The molecule has 1 unspecified atom stereocenters. The Hall–Kier alpha value is -0.820. The highest BCUT2D eigenvalue weighted by Crippen LogP contribution is 2.54. The molecule has 1 heteroatoms. The third-order valence-corrected chi connectivity index (χ3v) is 3.75. The van der Waals surface area contributed by atoms with Gasteiger partial charge in [-0.25, -0.2) is 0 Å². The first kappa shape index (κ1) is 10.7. The van der Waals surface area contributed by atoms with Crippen molar-refractivity contribution in [1.29, 1.82) is 0 Å². The van der Waals surface area contributed by atoms with Gasteiger partial charge in [0.25, 0.3) is 0 Å². The Morgan fingerprint density at radius 1 is 1.27 bits per heavy atom. The van der Waals surface area contributed by atoms with E-state index in [1.165, 1.54) is 24.0 Å². The van der Waals surface area contributed by atoms with E-state index in [0.717, 1.165) is 6.42 Å². The third-order valence-electron chi connectivity index (χ3n) is 3.75. The van der Waals surface area contributed by atoms with Gasteiger partial charge in [0.2, 0.25) is 0 Å². The molecule has 1 aromatic rings. The zero-order valence-corrected chi connectivity index (χ0v) is 10.0. The van der Waals surface area contributed by atoms with Crippen molar-refractivity contribution < 1.29 is 0 Å². The van der Waals surface area contributed by atoms with E-state index in [9.17, 15) is 0 Å². The van der Waals surface area contributed by atoms with Crippen molar-refractivity contribution in [3.05, 3.63) is 35.4 Å². The summed E-state index contributed by atoms with van der Waals surface area (Å²) in [5, 5.41) is 3.46. The first-order chi connectivity index (χ1) is 7.19. The zero-order chi connectivity index (χ0) is 10.9. The predicted octanol–water partition coefficient (Wildman–Crippen LogP) is 3.31. The molecule has 1 atom stereocenters. The minimum atomic E-state index is 0.502. The van der Waals surface area contributed by atoms with Crippen molar-refractivity contribution in [2.24, 2.45) is 5.41 Å². The SMILES string of the molecule is CCc1ccc(C(NC)C2(C)CC2)cc1. The molecule has 0 bridgehead atoms. The zero-order valence-electron chi connectivity index (χ0n) is 10.0. The van der Waals surface area contributed by atoms with Crippen LogP contribution in [0.5, 0.6) is 0 Å². The lowest BCUT2D eigenvalue weighted by Crippen LogP contribution is -2.24. The fraction of sp³-hybridized carbons (Fsp3) is 0.571. The minimum absolute atomic E-state index is 0.502. The van der Waals surface area contributed by atoms with Crippen LogP contribution in [-0.4, -0.2) is 7.05 Å². The third kappa shape index (κ3) is 2.07. The summed E-state index contributed by atoms with van der Waals surface area (Å²) in [7, 11) is 2.07. The summed E-state index contributed by atoms with van der Waals surface area (Å²) >= 11 is 0. The number of rotatable bonds is 4. The molecule has 0 aliphatic heterocycles. The van der Waals surface area contributed by atoms with Crippen LogP contribution in [0.2, 0.25) is 0 Å². The fourth-order valence-electron chi connectivity index (χ4n) is 2.35. The van der Waals surface area contributed by atoms with Crippen LogP contribution in [0.4, 0.5) is 0 Å². The van der Waals surface area contributed by atoms with Gasteiger partial charge in [0.15, 0.2) is 0 Å². The topological polar surface area (TPSA) is 12.0 Å². The molecule has 1 aromatic carbocycles. The van der Waals surface area contributed by atoms with Crippen LogP contribution in [0, 0.1) is 5.41 Å². The molecular formula is C14H21N. The molecule has 1 N–H and O–H groups in total. The molecule has 0 saturated heterocycles. The average Bonchev–Trinajstić information content (AvgIpc) is 2.99. The number of hydrogen-bond acceptors (Lipinski definition) is 1. The number of aryl methyl sites for hydroxylation is 1. The summed E-state index contributed by atoms with van der Waals surface area (Å²) in [6, 6.07) is 9.60. The van der Waals surface area contributed by atoms with Gasteiger partial charge in [0.1, 0.15) is 0 Å². The second-order valence-corrected chi connectivity index (χ2v) is 4.97. The van der Waals surface area contributed by atoms with E-state index >= 15 is 0 Å². The van der Waals surface area contributed by atoms with E-state index in [1.54, 1.807) is 0 Å². The van der Waals surface area contributed by atoms with E-state index in [4.69, 9.17) is 0 Å². The first-order valence-corrected chi connectivity index (χ1v) is 5.96. The maximum atomic E-state index is 3.46. The molecule has 0 radical (unpaired) electrons. The second-order valence-electron chi connectivity index (χ2n) is 4.97. The highest BCUT2D eigenvalue weighted by molar-refractivity contribution is 5.27. The number of hydrogen-bond donors (Lipinski definition) is 1. The summed E-state index contributed by atoms with van der Waals surface area (Å²) in [6.45, 7) is 4.58. The molecule has 15 heavy (non-hydrogen) atoms. The normalized spacial score (nSPS) is 19.9. The Morgan fingerprint density at radius 2 is 1.87 bits per heavy atom. The monoisotopic (exact) mass is 203 g/mol. The average molecular weight is 203 g/mol. The lowest BCUT2D eigenvalue weighted by molar-refractivity contribution is 0.390. The van der Waals surface area contributed by atoms with Gasteiger partial charge in [-0.1, -0.05) is 38.1 Å². The molecule has 0 aromatic heterocycles. The molecular weight excluding hydrogens is 182 g/mol. The quantitative estimate of drug-likeness (QED) is 0.791. The van der Waals surface area contributed by atoms with Crippen LogP contribution in [0.1, 0.15) is 43.9 Å². The van der Waals surface area contributed by atoms with Gasteiger partial charge in [0, 0.05) is 6.04 Å². The summed E-state index contributed by atoms with van der Waals surface area (Å²) in [5.74, 6) is 0. The molecule has 82 valence electrons. The van der Waals surface area contributed by atoms with Gasteiger partial charge in [-0.2, -0.15) is 0 Å². The van der Waals surface area contributed by atoms with Gasteiger partial charge < -0.3 is 5.32 Å². The summed E-state index contributed by atoms with van der Waals surface area (Å²) in [5.41, 5.74) is 3.37. The molecule has 0 amide bonds. The van der Waals surface area contributed by atoms with Gasteiger partial charge in [-0.05, 0) is 42.9 Å². The smallest absolute Gasteiger partial charge is 0.0372 e. The molecule has 1 saturated carbocycles. The predicted molar refractivity (Wildman–Crippen MR) is 65.0 cm³/mol. The fourth-order valence-corrected chi connectivity index (χ4v) is 2.35. The standard InChI is InChI=1S/C14H21N/c1-4-11-5-7-12(8-6-11)13(15-3)14(2)9-10-14/h5-8,13,15H,4,9-10H2,1-3H3. The molecule has 2 rings (SSSR count). The Kier molecular flexibility index (Phi) is 2.83. The first-order valence-electron chi connectivity index (χ1n) is 5.96. The Balaban J connectivity index is 2.19. The molecule has 1 nitrogen and oxygen atoms in total. The summed E-state index contributed by atoms with van der Waals surface area (Å²) in [4.78, 5) is 0. The second kappa shape index (κ2) is 3.97. The number of benzene rings is 1. The van der Waals surface area contributed by atoms with Gasteiger partial charge >= 0.3 is 0 Å². The minimum Gasteiger partial charge on any atom is -0.313 e. The van der Waals surface area contributed by atoms with Crippen LogP contribution in [0.3, 0.4) is 0 Å². The van der Waals surface area contributed by atoms with Crippen molar-refractivity contribution in [3.63, 3.8) is 0 Å². The lowest BCUT2D eigenvalue weighted by atomic mass is 9.91. The molecule has 1 aliphatic carbocycles. The maximum absolute atomic E-state index is 3.46. The largest absolute Gasteiger partial charge is 0.313 e. The Bertz CT molecular complexity index is 322. The summed E-state index contributed by atoms with van der Waals surface area (Å²) in [6.07, 6.45) is 3.84. The highest BCUT2D eigenvalue weighted by Gasteiger charge is 2.44. The van der Waals surface area contributed by atoms with Crippen molar-refractivity contribution in [2.45, 2.75) is 39.2 Å². The van der Waals surface area contributed by atoms with Crippen molar-refractivity contribution in [3.8, 4) is 0 Å². The Labute approximate surface area is 92.9 Å².